The fourth-order valence-corrected chi connectivity index (χ4v) is 7.45. The number of anilines is 1. The topological polar surface area (TPSA) is 86.6 Å². The number of halogens is 1. The van der Waals surface area contributed by atoms with Crippen molar-refractivity contribution in [2.75, 3.05) is 38.2 Å². The number of phenols is 1. The van der Waals surface area contributed by atoms with Gasteiger partial charge < -0.3 is 25.0 Å². The number of nitrogens with zero attached hydrogens (tertiary/aromatic N) is 5. The zero-order valence-corrected chi connectivity index (χ0v) is 24.3. The summed E-state index contributed by atoms with van der Waals surface area (Å²) in [6, 6.07) is 7.86. The van der Waals surface area contributed by atoms with E-state index in [0.717, 1.165) is 86.1 Å². The first-order valence-electron chi connectivity index (χ1n) is 15.4. The smallest absolute Gasteiger partial charge is 0.319 e. The third-order valence-electron chi connectivity index (χ3n) is 9.78. The fraction of sp³-hybridized carbons (Fsp3) is 0.441. The molecule has 1 aliphatic carbocycles. The van der Waals surface area contributed by atoms with Gasteiger partial charge in [-0.3, -0.25) is 4.98 Å². The summed E-state index contributed by atoms with van der Waals surface area (Å²) in [6.07, 6.45) is 14.3. The van der Waals surface area contributed by atoms with Crippen LogP contribution in [0.5, 0.6) is 11.8 Å². The van der Waals surface area contributed by atoms with Gasteiger partial charge in [-0.15, -0.1) is 6.42 Å². The summed E-state index contributed by atoms with van der Waals surface area (Å²) in [6.45, 7) is 3.32. The Morgan fingerprint density at radius 2 is 1.88 bits per heavy atom. The Balaban J connectivity index is 1.33. The van der Waals surface area contributed by atoms with Gasteiger partial charge in [0.2, 0.25) is 0 Å². The molecule has 3 atom stereocenters. The first-order chi connectivity index (χ1) is 21.0. The first kappa shape index (κ1) is 26.6. The summed E-state index contributed by atoms with van der Waals surface area (Å²) in [7, 11) is 2.14. The zero-order valence-electron chi connectivity index (χ0n) is 24.3. The minimum absolute atomic E-state index is 0.0864. The largest absolute Gasteiger partial charge is 0.508 e. The highest BCUT2D eigenvalue weighted by Gasteiger charge is 2.36. The number of hydrogen-bond donors (Lipinski definition) is 2. The maximum absolute atomic E-state index is 15.0. The van der Waals surface area contributed by atoms with Crippen molar-refractivity contribution in [3.63, 3.8) is 0 Å². The number of benzene rings is 2. The van der Waals surface area contributed by atoms with Crippen LogP contribution in [-0.4, -0.2) is 76.4 Å². The molecule has 5 heterocycles. The lowest BCUT2D eigenvalue weighted by atomic mass is 9.90. The van der Waals surface area contributed by atoms with Gasteiger partial charge in [-0.05, 0) is 92.7 Å². The van der Waals surface area contributed by atoms with Gasteiger partial charge in [0.05, 0.1) is 5.56 Å². The van der Waals surface area contributed by atoms with E-state index >= 15 is 0 Å². The van der Waals surface area contributed by atoms with Crippen molar-refractivity contribution in [1.29, 1.82) is 0 Å². The summed E-state index contributed by atoms with van der Waals surface area (Å²) in [4.78, 5) is 19.7. The number of ether oxygens (including phenoxy) is 1. The molecule has 1 saturated carbocycles. The number of likely N-dealkylation sites (N-methyl/N-ethyl adjacent to an activating group) is 1. The highest BCUT2D eigenvalue weighted by atomic mass is 19.1. The quantitative estimate of drug-likeness (QED) is 0.311. The van der Waals surface area contributed by atoms with Crippen LogP contribution in [0.4, 0.5) is 10.2 Å². The molecule has 2 bridgehead atoms. The van der Waals surface area contributed by atoms with Crippen molar-refractivity contribution < 1.29 is 14.2 Å². The van der Waals surface area contributed by atoms with E-state index in [4.69, 9.17) is 26.1 Å². The number of pyridine rings is 1. The summed E-state index contributed by atoms with van der Waals surface area (Å²) in [5.41, 5.74) is 4.21. The zero-order chi connectivity index (χ0) is 29.2. The average molecular weight is 579 g/mol. The lowest BCUT2D eigenvalue weighted by molar-refractivity contribution is 0.188. The van der Waals surface area contributed by atoms with Gasteiger partial charge in [0.1, 0.15) is 29.2 Å². The molecule has 4 aliphatic rings. The molecule has 0 spiro atoms. The number of fused-ring (bicyclic) bond motifs is 4. The summed E-state index contributed by atoms with van der Waals surface area (Å²) >= 11 is 0. The van der Waals surface area contributed by atoms with Crippen molar-refractivity contribution in [2.24, 2.45) is 0 Å². The highest BCUT2D eigenvalue weighted by molar-refractivity contribution is 6.04. The molecule has 3 saturated heterocycles. The number of terminal acetylenes is 1. The van der Waals surface area contributed by atoms with Crippen LogP contribution in [0.15, 0.2) is 30.5 Å². The number of piperazine rings is 1. The van der Waals surface area contributed by atoms with Crippen molar-refractivity contribution in [2.45, 2.75) is 62.6 Å². The van der Waals surface area contributed by atoms with Gasteiger partial charge in [0, 0.05) is 48.4 Å². The van der Waals surface area contributed by atoms with E-state index in [1.54, 1.807) is 18.2 Å². The number of aromatic hydroxyl groups is 1. The Kier molecular flexibility index (Phi) is 6.39. The molecule has 2 aromatic carbocycles. The summed E-state index contributed by atoms with van der Waals surface area (Å²) in [5.74, 6) is 3.24. The van der Waals surface area contributed by atoms with Gasteiger partial charge in [-0.25, -0.2) is 4.39 Å². The number of phenolic OH excluding ortho intramolecular Hbond substituents is 1. The van der Waals surface area contributed by atoms with Crippen LogP contribution >= 0.6 is 0 Å². The number of nitrogens with one attached hydrogen (secondary N) is 1. The van der Waals surface area contributed by atoms with E-state index in [1.807, 2.05) is 6.20 Å². The standard InChI is InChI=1S/C34H35FN6O2/c1-3-25-28(35)11-8-20-13-24(42)14-26(29(20)25)27-15-36-32-31(30(27)19-6-7-19)38-34(43-18-23-5-4-12-40(23)2)39-33(32)41-16-21-9-10-22(17-41)37-21/h1,8,11,13-15,19,21-23,37,42H,4-7,9-10,12,16-18H2,2H3/t21?,22?,23-/m0/s1. The van der Waals surface area contributed by atoms with Crippen molar-refractivity contribution in [3.05, 3.63) is 47.4 Å². The molecule has 0 amide bonds. The fourth-order valence-electron chi connectivity index (χ4n) is 7.45. The molecule has 9 heteroatoms. The lowest BCUT2D eigenvalue weighted by Gasteiger charge is -2.34. The molecule has 8 rings (SSSR count). The maximum atomic E-state index is 15.0. The van der Waals surface area contributed by atoms with Crippen molar-refractivity contribution >= 4 is 27.6 Å². The lowest BCUT2D eigenvalue weighted by Crippen LogP contribution is -2.51. The highest BCUT2D eigenvalue weighted by Crippen LogP contribution is 2.49. The van der Waals surface area contributed by atoms with Gasteiger partial charge >= 0.3 is 6.01 Å². The van der Waals surface area contributed by atoms with E-state index in [9.17, 15) is 9.50 Å². The SMILES string of the molecule is C#Cc1c(F)ccc2cc(O)cc(-c3cnc4c(N5CC6CCC(C5)N6)nc(OC[C@@H]5CCCN5C)nc4c3C3CC3)c12. The number of likely N-dealkylation sites (tertiary alicyclic amines) is 1. The molecule has 4 fully saturated rings. The van der Waals surface area contributed by atoms with E-state index < -0.39 is 5.82 Å². The van der Waals surface area contributed by atoms with Crippen LogP contribution in [0, 0.1) is 18.2 Å². The molecular weight excluding hydrogens is 543 g/mol. The molecule has 2 aromatic heterocycles. The van der Waals surface area contributed by atoms with Crippen LogP contribution in [0.2, 0.25) is 0 Å². The number of aromatic nitrogens is 3. The van der Waals surface area contributed by atoms with Crippen LogP contribution < -0.4 is 15.0 Å². The van der Waals surface area contributed by atoms with Crippen LogP contribution in [0.25, 0.3) is 32.9 Å². The predicted molar refractivity (Wildman–Crippen MR) is 165 cm³/mol. The van der Waals surface area contributed by atoms with E-state index in [0.29, 0.717) is 47.1 Å². The van der Waals surface area contributed by atoms with Crippen LogP contribution in [0.3, 0.4) is 0 Å². The van der Waals surface area contributed by atoms with Gasteiger partial charge in [-0.1, -0.05) is 12.0 Å². The summed E-state index contributed by atoms with van der Waals surface area (Å²) < 4.78 is 21.4. The molecule has 2 unspecified atom stereocenters. The predicted octanol–water partition coefficient (Wildman–Crippen LogP) is 4.96. The van der Waals surface area contributed by atoms with Crippen molar-refractivity contribution in [3.8, 4) is 35.2 Å². The second kappa shape index (κ2) is 10.3. The molecule has 4 aromatic rings. The second-order valence-corrected chi connectivity index (χ2v) is 12.7. The molecule has 0 radical (unpaired) electrons. The Morgan fingerprint density at radius 1 is 1.07 bits per heavy atom. The Bertz CT molecular complexity index is 1790. The summed E-state index contributed by atoms with van der Waals surface area (Å²) in [5, 5.41) is 15.7. The van der Waals surface area contributed by atoms with Gasteiger partial charge in [0.15, 0.2) is 5.82 Å². The number of rotatable bonds is 6. The maximum Gasteiger partial charge on any atom is 0.319 e. The Morgan fingerprint density at radius 3 is 2.60 bits per heavy atom. The van der Waals surface area contributed by atoms with Gasteiger partial charge in [0.25, 0.3) is 0 Å². The number of hydrogen-bond acceptors (Lipinski definition) is 8. The van der Waals surface area contributed by atoms with E-state index in [-0.39, 0.29) is 17.2 Å². The molecular formula is C34H35FN6O2. The van der Waals surface area contributed by atoms with Crippen LogP contribution in [-0.2, 0) is 0 Å². The van der Waals surface area contributed by atoms with Crippen molar-refractivity contribution in [1.82, 2.24) is 25.2 Å². The second-order valence-electron chi connectivity index (χ2n) is 12.7. The molecule has 220 valence electrons. The van der Waals surface area contributed by atoms with E-state index in [1.165, 1.54) is 6.07 Å². The normalized spacial score (nSPS) is 23.7. The van der Waals surface area contributed by atoms with E-state index in [2.05, 4.69) is 28.1 Å². The molecule has 43 heavy (non-hydrogen) atoms. The first-order valence-corrected chi connectivity index (χ1v) is 15.4. The molecule has 3 aliphatic heterocycles. The minimum atomic E-state index is -0.464. The third-order valence-corrected chi connectivity index (χ3v) is 9.78. The average Bonchev–Trinajstić information content (AvgIpc) is 3.68. The minimum Gasteiger partial charge on any atom is -0.508 e. The molecule has 8 nitrogen and oxygen atoms in total. The van der Waals surface area contributed by atoms with Gasteiger partial charge in [-0.2, -0.15) is 9.97 Å². The van der Waals surface area contributed by atoms with Crippen LogP contribution in [0.1, 0.15) is 55.6 Å². The Labute approximate surface area is 250 Å². The third kappa shape index (κ3) is 4.64. The molecule has 2 N–H and O–H groups in total. The Hall–Kier alpha value is -4.00. The monoisotopic (exact) mass is 578 g/mol.